The predicted molar refractivity (Wildman–Crippen MR) is 93.3 cm³/mol. The van der Waals surface area contributed by atoms with E-state index >= 15 is 0 Å². The van der Waals surface area contributed by atoms with Crippen molar-refractivity contribution in [1.29, 1.82) is 5.41 Å². The van der Waals surface area contributed by atoms with Gasteiger partial charge in [0.15, 0.2) is 0 Å². The lowest BCUT2D eigenvalue weighted by molar-refractivity contribution is 0.475. The van der Waals surface area contributed by atoms with Crippen LogP contribution in [0.1, 0.15) is 18.1 Å². The van der Waals surface area contributed by atoms with Crippen LogP contribution in [-0.2, 0) is 0 Å². The topological polar surface area (TPSA) is 96.1 Å². The van der Waals surface area contributed by atoms with E-state index in [1.54, 1.807) is 31.2 Å². The number of rotatable bonds is 3. The van der Waals surface area contributed by atoms with Gasteiger partial charge in [0.1, 0.15) is 5.75 Å². The summed E-state index contributed by atoms with van der Waals surface area (Å²) in [7, 11) is 0. The summed E-state index contributed by atoms with van der Waals surface area (Å²) in [5, 5.41) is 18.5. The van der Waals surface area contributed by atoms with Gasteiger partial charge in [0.25, 0.3) is 0 Å². The van der Waals surface area contributed by atoms with Gasteiger partial charge in [0, 0.05) is 22.5 Å². The Bertz CT molecular complexity index is 782. The lowest BCUT2D eigenvalue weighted by atomic mass is 9.96. The third-order valence-corrected chi connectivity index (χ3v) is 3.58. The largest absolute Gasteiger partial charge is 0.507 e. The molecule has 0 amide bonds. The highest BCUT2D eigenvalue weighted by molar-refractivity contribution is 6.33. The molecule has 0 saturated heterocycles. The van der Waals surface area contributed by atoms with Gasteiger partial charge >= 0.3 is 0 Å². The maximum absolute atomic E-state index is 10.5. The molecule has 114 valence electrons. The standard InChI is InChI=1S/C17H18ClN3O/c1-9-5-12(11-3-4-15(20)14(18)8-11)17(22)13(6-9)16(21)7-10(2)19/h3-8,19,22H,20-21H2,1-2H3/b16-7-,19-10?. The minimum absolute atomic E-state index is 0.0569. The molecule has 0 bridgehead atoms. The van der Waals surface area contributed by atoms with Crippen molar-refractivity contribution in [3.05, 3.63) is 52.6 Å². The van der Waals surface area contributed by atoms with Gasteiger partial charge in [0.2, 0.25) is 0 Å². The third kappa shape index (κ3) is 3.23. The fourth-order valence-electron chi connectivity index (χ4n) is 2.22. The van der Waals surface area contributed by atoms with Crippen molar-refractivity contribution in [2.45, 2.75) is 13.8 Å². The number of nitrogen functional groups attached to an aromatic ring is 1. The summed E-state index contributed by atoms with van der Waals surface area (Å²) < 4.78 is 0. The van der Waals surface area contributed by atoms with Crippen LogP contribution in [-0.4, -0.2) is 10.8 Å². The van der Waals surface area contributed by atoms with Gasteiger partial charge in [-0.15, -0.1) is 0 Å². The number of hydrogen-bond donors (Lipinski definition) is 4. The third-order valence-electron chi connectivity index (χ3n) is 3.25. The van der Waals surface area contributed by atoms with Gasteiger partial charge in [-0.2, -0.15) is 0 Å². The van der Waals surface area contributed by atoms with E-state index in [-0.39, 0.29) is 5.75 Å². The van der Waals surface area contributed by atoms with Crippen molar-refractivity contribution in [2.75, 3.05) is 5.73 Å². The molecular weight excluding hydrogens is 298 g/mol. The highest BCUT2D eigenvalue weighted by atomic mass is 35.5. The van der Waals surface area contributed by atoms with Crippen LogP contribution >= 0.6 is 11.6 Å². The van der Waals surface area contributed by atoms with Crippen LogP contribution in [0.15, 0.2) is 36.4 Å². The summed E-state index contributed by atoms with van der Waals surface area (Å²) in [4.78, 5) is 0. The minimum Gasteiger partial charge on any atom is -0.507 e. The van der Waals surface area contributed by atoms with Crippen LogP contribution in [0, 0.1) is 12.3 Å². The first-order valence-electron chi connectivity index (χ1n) is 6.71. The van der Waals surface area contributed by atoms with Crippen molar-refractivity contribution in [3.8, 4) is 16.9 Å². The normalized spacial score (nSPS) is 11.5. The lowest BCUT2D eigenvalue weighted by Crippen LogP contribution is -2.01. The lowest BCUT2D eigenvalue weighted by Gasteiger charge is -2.13. The second-order valence-corrected chi connectivity index (χ2v) is 5.63. The van der Waals surface area contributed by atoms with E-state index in [2.05, 4.69) is 0 Å². The smallest absolute Gasteiger partial charge is 0.132 e. The number of allylic oxidation sites excluding steroid dienone is 1. The molecule has 2 rings (SSSR count). The summed E-state index contributed by atoms with van der Waals surface area (Å²) >= 11 is 6.06. The number of benzene rings is 2. The van der Waals surface area contributed by atoms with E-state index in [4.69, 9.17) is 28.5 Å². The summed E-state index contributed by atoms with van der Waals surface area (Å²) in [6.07, 6.45) is 1.51. The number of phenolic OH excluding ortho intramolecular Hbond substituents is 1. The average Bonchev–Trinajstić information content (AvgIpc) is 2.43. The fraction of sp³-hybridized carbons (Fsp3) is 0.118. The van der Waals surface area contributed by atoms with Crippen molar-refractivity contribution >= 4 is 28.7 Å². The molecule has 2 aromatic rings. The van der Waals surface area contributed by atoms with E-state index in [1.165, 1.54) is 6.08 Å². The number of nitrogens with one attached hydrogen (secondary N) is 1. The SMILES string of the molecule is CC(=N)/C=C(\N)c1cc(C)cc(-c2ccc(N)c(Cl)c2)c1O. The van der Waals surface area contributed by atoms with Crippen molar-refractivity contribution in [3.63, 3.8) is 0 Å². The Balaban J connectivity index is 2.65. The number of anilines is 1. The van der Waals surface area contributed by atoms with Crippen LogP contribution in [0.4, 0.5) is 5.69 Å². The maximum Gasteiger partial charge on any atom is 0.132 e. The van der Waals surface area contributed by atoms with E-state index < -0.39 is 0 Å². The van der Waals surface area contributed by atoms with E-state index in [1.807, 2.05) is 13.0 Å². The van der Waals surface area contributed by atoms with Gasteiger partial charge in [-0.1, -0.05) is 17.7 Å². The Morgan fingerprint density at radius 3 is 2.55 bits per heavy atom. The average molecular weight is 316 g/mol. The van der Waals surface area contributed by atoms with Gasteiger partial charge in [-0.3, -0.25) is 0 Å². The van der Waals surface area contributed by atoms with Crippen LogP contribution < -0.4 is 11.5 Å². The minimum atomic E-state index is 0.0569. The zero-order valence-electron chi connectivity index (χ0n) is 12.4. The van der Waals surface area contributed by atoms with E-state index in [9.17, 15) is 5.11 Å². The van der Waals surface area contributed by atoms with Crippen LogP contribution in [0.2, 0.25) is 5.02 Å². The van der Waals surface area contributed by atoms with Gasteiger partial charge in [-0.05, 0) is 55.3 Å². The first-order valence-corrected chi connectivity index (χ1v) is 7.09. The first-order chi connectivity index (χ1) is 10.3. The molecule has 22 heavy (non-hydrogen) atoms. The maximum atomic E-state index is 10.5. The number of aryl methyl sites for hydroxylation is 1. The molecule has 0 heterocycles. The van der Waals surface area contributed by atoms with Crippen molar-refractivity contribution < 1.29 is 5.11 Å². The van der Waals surface area contributed by atoms with Crippen LogP contribution in [0.25, 0.3) is 16.8 Å². The summed E-state index contributed by atoms with van der Waals surface area (Å²) in [6.45, 7) is 3.54. The Morgan fingerprint density at radius 2 is 1.95 bits per heavy atom. The predicted octanol–water partition coefficient (Wildman–Crippen LogP) is 3.94. The van der Waals surface area contributed by atoms with Gasteiger partial charge in [0.05, 0.1) is 10.7 Å². The summed E-state index contributed by atoms with van der Waals surface area (Å²) in [5.74, 6) is 0.0569. The second kappa shape index (κ2) is 6.12. The molecule has 0 saturated carbocycles. The highest BCUT2D eigenvalue weighted by Gasteiger charge is 2.13. The Hall–Kier alpha value is -2.46. The molecule has 0 atom stereocenters. The molecule has 5 heteroatoms. The van der Waals surface area contributed by atoms with Crippen LogP contribution in [0.5, 0.6) is 5.75 Å². The Morgan fingerprint density at radius 1 is 1.27 bits per heavy atom. The molecule has 0 aromatic heterocycles. The number of nitrogens with two attached hydrogens (primary N) is 2. The molecule has 0 fully saturated rings. The molecule has 6 N–H and O–H groups in total. The molecule has 0 aliphatic carbocycles. The number of halogens is 1. The molecule has 0 spiro atoms. The van der Waals surface area contributed by atoms with E-state index in [0.717, 1.165) is 11.1 Å². The number of aromatic hydroxyl groups is 1. The quantitative estimate of drug-likeness (QED) is 0.510. The highest BCUT2D eigenvalue weighted by Crippen LogP contribution is 2.37. The fourth-order valence-corrected chi connectivity index (χ4v) is 2.41. The Kier molecular flexibility index (Phi) is 4.43. The van der Waals surface area contributed by atoms with Gasteiger partial charge < -0.3 is 22.0 Å². The zero-order valence-corrected chi connectivity index (χ0v) is 13.2. The molecule has 0 unspecified atom stereocenters. The molecule has 4 nitrogen and oxygen atoms in total. The molecule has 0 aliphatic heterocycles. The molecular formula is C17H18ClN3O. The van der Waals surface area contributed by atoms with E-state index in [0.29, 0.717) is 33.2 Å². The molecule has 0 aliphatic rings. The van der Waals surface area contributed by atoms with Crippen molar-refractivity contribution in [1.82, 2.24) is 0 Å². The summed E-state index contributed by atoms with van der Waals surface area (Å²) in [6, 6.07) is 8.83. The molecule has 0 radical (unpaired) electrons. The monoisotopic (exact) mass is 315 g/mol. The Labute approximate surface area is 134 Å². The molecule has 2 aromatic carbocycles. The zero-order chi connectivity index (χ0) is 16.4. The van der Waals surface area contributed by atoms with Crippen LogP contribution in [0.3, 0.4) is 0 Å². The summed E-state index contributed by atoms with van der Waals surface area (Å²) in [5.41, 5.74) is 15.7. The van der Waals surface area contributed by atoms with Crippen molar-refractivity contribution in [2.24, 2.45) is 5.73 Å². The second-order valence-electron chi connectivity index (χ2n) is 5.23. The first kappa shape index (κ1) is 15.9. The van der Waals surface area contributed by atoms with Gasteiger partial charge in [-0.25, -0.2) is 0 Å². The number of phenols is 1. The number of hydrogen-bond acceptors (Lipinski definition) is 4.